The Kier molecular flexibility index (Phi) is 3.58. The van der Waals surface area contributed by atoms with Gasteiger partial charge < -0.3 is 9.47 Å². The molecule has 1 aromatic rings. The van der Waals surface area contributed by atoms with Crippen LogP contribution in [0, 0.1) is 5.41 Å². The van der Waals surface area contributed by atoms with E-state index in [1.165, 1.54) is 12.8 Å². The highest BCUT2D eigenvalue weighted by Gasteiger charge is 2.29. The Morgan fingerprint density at radius 3 is 2.61 bits per heavy atom. The van der Waals surface area contributed by atoms with E-state index in [0.29, 0.717) is 6.04 Å². The topological polar surface area (TPSA) is 25.2 Å². The Morgan fingerprint density at radius 2 is 2.11 bits per heavy atom. The average Bonchev–Trinajstić information content (AvgIpc) is 2.98. The Labute approximate surface area is 117 Å². The number of hydrogen-bond donors (Lipinski definition) is 0. The van der Waals surface area contributed by atoms with Crippen molar-refractivity contribution in [2.24, 2.45) is 5.41 Å². The number of halogens is 1. The monoisotopic (exact) mass is 312 g/mol. The van der Waals surface area contributed by atoms with Crippen LogP contribution in [0.2, 0.25) is 0 Å². The van der Waals surface area contributed by atoms with Gasteiger partial charge in [0, 0.05) is 30.3 Å². The average molecular weight is 313 g/mol. The standard InChI is InChI=1S/C14H21BrN2O/c1-14(2,3)9-16(4)13(18)12-7-10(15)8-17(12)11-5-6-11/h7-8,11H,5-6,9H2,1-4H3. The van der Waals surface area contributed by atoms with Crippen molar-refractivity contribution in [2.75, 3.05) is 13.6 Å². The fourth-order valence-corrected chi connectivity index (χ4v) is 2.69. The maximum Gasteiger partial charge on any atom is 0.270 e. The molecule has 0 atom stereocenters. The Hall–Kier alpha value is -0.770. The molecule has 0 bridgehead atoms. The molecule has 0 spiro atoms. The molecule has 2 rings (SSSR count). The first-order chi connectivity index (χ1) is 8.28. The first-order valence-corrected chi connectivity index (χ1v) is 7.20. The first-order valence-electron chi connectivity index (χ1n) is 6.41. The number of amides is 1. The summed E-state index contributed by atoms with van der Waals surface area (Å²) in [6.07, 6.45) is 4.39. The van der Waals surface area contributed by atoms with Gasteiger partial charge in [-0.3, -0.25) is 4.79 Å². The maximum absolute atomic E-state index is 12.5. The minimum atomic E-state index is 0.113. The van der Waals surface area contributed by atoms with Gasteiger partial charge in [-0.1, -0.05) is 20.8 Å². The van der Waals surface area contributed by atoms with Crippen LogP contribution in [0.15, 0.2) is 16.7 Å². The number of nitrogens with zero attached hydrogens (tertiary/aromatic N) is 2. The lowest BCUT2D eigenvalue weighted by Crippen LogP contribution is -2.35. The van der Waals surface area contributed by atoms with Gasteiger partial charge in [-0.2, -0.15) is 0 Å². The molecular weight excluding hydrogens is 292 g/mol. The molecule has 0 aliphatic heterocycles. The van der Waals surface area contributed by atoms with Crippen molar-refractivity contribution in [3.8, 4) is 0 Å². The van der Waals surface area contributed by atoms with Crippen LogP contribution in [0.1, 0.15) is 50.1 Å². The molecule has 1 amide bonds. The highest BCUT2D eigenvalue weighted by molar-refractivity contribution is 9.10. The molecule has 0 saturated heterocycles. The van der Waals surface area contributed by atoms with Gasteiger partial charge in [-0.25, -0.2) is 0 Å². The lowest BCUT2D eigenvalue weighted by Gasteiger charge is -2.27. The zero-order valence-electron chi connectivity index (χ0n) is 11.5. The van der Waals surface area contributed by atoms with E-state index in [-0.39, 0.29) is 11.3 Å². The van der Waals surface area contributed by atoms with Crippen molar-refractivity contribution in [3.05, 3.63) is 22.4 Å². The first kappa shape index (κ1) is 13.7. The molecule has 0 radical (unpaired) electrons. The number of carbonyl (C=O) groups excluding carboxylic acids is 1. The summed E-state index contributed by atoms with van der Waals surface area (Å²) >= 11 is 3.47. The lowest BCUT2D eigenvalue weighted by atomic mass is 9.96. The lowest BCUT2D eigenvalue weighted by molar-refractivity contribution is 0.0734. The highest BCUT2D eigenvalue weighted by Crippen LogP contribution is 2.37. The van der Waals surface area contributed by atoms with E-state index in [1.807, 2.05) is 24.2 Å². The van der Waals surface area contributed by atoms with Crippen molar-refractivity contribution in [1.29, 1.82) is 0 Å². The molecule has 1 saturated carbocycles. The minimum Gasteiger partial charge on any atom is -0.340 e. The number of rotatable bonds is 3. The van der Waals surface area contributed by atoms with Gasteiger partial charge in [0.2, 0.25) is 0 Å². The fourth-order valence-electron chi connectivity index (χ4n) is 2.25. The molecule has 1 aliphatic carbocycles. The van der Waals surface area contributed by atoms with Crippen LogP contribution in [-0.2, 0) is 0 Å². The zero-order valence-corrected chi connectivity index (χ0v) is 13.1. The van der Waals surface area contributed by atoms with Crippen LogP contribution < -0.4 is 0 Å². The van der Waals surface area contributed by atoms with Gasteiger partial charge in [-0.15, -0.1) is 0 Å². The second-order valence-corrected chi connectivity index (χ2v) is 7.32. The molecule has 1 fully saturated rings. The second-order valence-electron chi connectivity index (χ2n) is 6.40. The summed E-state index contributed by atoms with van der Waals surface area (Å²) in [6, 6.07) is 2.46. The summed E-state index contributed by atoms with van der Waals surface area (Å²) in [4.78, 5) is 14.3. The van der Waals surface area contributed by atoms with Gasteiger partial charge in [-0.05, 0) is 40.3 Å². The third-order valence-electron chi connectivity index (χ3n) is 3.03. The van der Waals surface area contributed by atoms with Crippen LogP contribution in [0.4, 0.5) is 0 Å². The summed E-state index contributed by atoms with van der Waals surface area (Å²) in [7, 11) is 1.88. The van der Waals surface area contributed by atoms with E-state index in [1.54, 1.807) is 0 Å². The van der Waals surface area contributed by atoms with E-state index >= 15 is 0 Å². The predicted octanol–water partition coefficient (Wildman–Crippen LogP) is 3.70. The van der Waals surface area contributed by atoms with Crippen LogP contribution >= 0.6 is 15.9 Å². The summed E-state index contributed by atoms with van der Waals surface area (Å²) in [6.45, 7) is 7.20. The van der Waals surface area contributed by atoms with Crippen LogP contribution in [0.3, 0.4) is 0 Å². The van der Waals surface area contributed by atoms with Gasteiger partial charge >= 0.3 is 0 Å². The summed E-state index contributed by atoms with van der Waals surface area (Å²) < 4.78 is 3.10. The minimum absolute atomic E-state index is 0.113. The third kappa shape index (κ3) is 3.16. The number of aromatic nitrogens is 1. The van der Waals surface area contributed by atoms with E-state index in [0.717, 1.165) is 16.7 Å². The SMILES string of the molecule is CN(CC(C)(C)C)C(=O)c1cc(Br)cn1C1CC1. The van der Waals surface area contributed by atoms with Crippen molar-refractivity contribution < 1.29 is 4.79 Å². The molecular formula is C14H21BrN2O. The Bertz CT molecular complexity index is 455. The summed E-state index contributed by atoms with van der Waals surface area (Å²) in [5.74, 6) is 0.113. The quantitative estimate of drug-likeness (QED) is 0.835. The molecule has 0 aromatic carbocycles. The maximum atomic E-state index is 12.5. The summed E-state index contributed by atoms with van der Waals surface area (Å²) in [5.41, 5.74) is 0.926. The molecule has 100 valence electrons. The fraction of sp³-hybridized carbons (Fsp3) is 0.643. The predicted molar refractivity (Wildman–Crippen MR) is 76.8 cm³/mol. The normalized spacial score (nSPS) is 15.8. The van der Waals surface area contributed by atoms with E-state index in [2.05, 4.69) is 41.3 Å². The van der Waals surface area contributed by atoms with E-state index < -0.39 is 0 Å². The van der Waals surface area contributed by atoms with Gasteiger partial charge in [0.1, 0.15) is 5.69 Å². The van der Waals surface area contributed by atoms with Crippen molar-refractivity contribution >= 4 is 21.8 Å². The van der Waals surface area contributed by atoms with E-state index in [9.17, 15) is 4.79 Å². The van der Waals surface area contributed by atoms with Gasteiger partial charge in [0.25, 0.3) is 5.91 Å². The number of hydrogen-bond acceptors (Lipinski definition) is 1. The molecule has 1 aliphatic rings. The Morgan fingerprint density at radius 1 is 1.50 bits per heavy atom. The molecule has 3 nitrogen and oxygen atoms in total. The van der Waals surface area contributed by atoms with Gasteiger partial charge in [0.15, 0.2) is 0 Å². The zero-order chi connectivity index (χ0) is 13.5. The molecule has 4 heteroatoms. The van der Waals surface area contributed by atoms with Crippen LogP contribution in [0.25, 0.3) is 0 Å². The molecule has 18 heavy (non-hydrogen) atoms. The molecule has 0 N–H and O–H groups in total. The largest absolute Gasteiger partial charge is 0.340 e. The van der Waals surface area contributed by atoms with E-state index in [4.69, 9.17) is 0 Å². The van der Waals surface area contributed by atoms with Gasteiger partial charge in [0.05, 0.1) is 0 Å². The smallest absolute Gasteiger partial charge is 0.270 e. The third-order valence-corrected chi connectivity index (χ3v) is 3.47. The van der Waals surface area contributed by atoms with Crippen molar-refractivity contribution in [3.63, 3.8) is 0 Å². The second kappa shape index (κ2) is 4.72. The van der Waals surface area contributed by atoms with Crippen molar-refractivity contribution in [1.82, 2.24) is 9.47 Å². The molecule has 0 unspecified atom stereocenters. The van der Waals surface area contributed by atoms with Crippen LogP contribution in [-0.4, -0.2) is 29.0 Å². The molecule has 1 heterocycles. The summed E-state index contributed by atoms with van der Waals surface area (Å²) in [5, 5.41) is 0. The number of carbonyl (C=O) groups is 1. The van der Waals surface area contributed by atoms with Crippen LogP contribution in [0.5, 0.6) is 0 Å². The molecule has 1 aromatic heterocycles. The highest BCUT2D eigenvalue weighted by atomic mass is 79.9. The van der Waals surface area contributed by atoms with Crippen molar-refractivity contribution in [2.45, 2.75) is 39.7 Å². The Balaban J connectivity index is 2.17.